The first-order valence-electron chi connectivity index (χ1n) is 10.8. The highest BCUT2D eigenvalue weighted by Gasteiger charge is 2.24. The topological polar surface area (TPSA) is 149 Å². The Labute approximate surface area is 199 Å². The zero-order chi connectivity index (χ0) is 25.3. The molecule has 0 saturated carbocycles. The van der Waals surface area contributed by atoms with E-state index in [9.17, 15) is 18.8 Å². The Balaban J connectivity index is 2.02. The van der Waals surface area contributed by atoms with Crippen molar-refractivity contribution >= 4 is 28.5 Å². The number of hydrogen-bond donors (Lipinski definition) is 3. The fraction of sp³-hybridized carbons (Fsp3) is 0.208. The van der Waals surface area contributed by atoms with Crippen LogP contribution in [0.5, 0.6) is 0 Å². The molecule has 0 spiro atoms. The first-order chi connectivity index (χ1) is 16.7. The van der Waals surface area contributed by atoms with Crippen LogP contribution in [0.1, 0.15) is 42.8 Å². The summed E-state index contributed by atoms with van der Waals surface area (Å²) < 4.78 is 30.2. The Hall–Kier alpha value is -4.59. The van der Waals surface area contributed by atoms with Crippen molar-refractivity contribution in [3.63, 3.8) is 0 Å². The number of nitrogens with two attached hydrogens (primary N) is 2. The molecular weight excluding hydrogens is 454 g/mol. The van der Waals surface area contributed by atoms with Crippen molar-refractivity contribution in [3.05, 3.63) is 75.3 Å². The monoisotopic (exact) mass is 476 g/mol. The minimum Gasteiger partial charge on any atom is -0.382 e. The summed E-state index contributed by atoms with van der Waals surface area (Å²) >= 11 is 0. The van der Waals surface area contributed by atoms with Crippen molar-refractivity contribution in [2.75, 3.05) is 16.8 Å². The molecular formula is C24H22F2N8O. The lowest BCUT2D eigenvalue weighted by molar-refractivity contribution is 0.603. The predicted octanol–water partition coefficient (Wildman–Crippen LogP) is 3.75. The molecule has 11 heteroatoms. The third-order valence-electron chi connectivity index (χ3n) is 5.42. The molecule has 4 rings (SSSR count). The Bertz CT molecular complexity index is 1520. The van der Waals surface area contributed by atoms with Crippen LogP contribution in [0.25, 0.3) is 16.6 Å². The molecule has 2 heterocycles. The summed E-state index contributed by atoms with van der Waals surface area (Å²) in [7, 11) is 0. The molecule has 0 aliphatic heterocycles. The van der Waals surface area contributed by atoms with E-state index in [2.05, 4.69) is 20.3 Å². The van der Waals surface area contributed by atoms with Gasteiger partial charge in [-0.3, -0.25) is 9.36 Å². The van der Waals surface area contributed by atoms with E-state index < -0.39 is 23.2 Å². The number of aryl methyl sites for hydroxylation is 1. The van der Waals surface area contributed by atoms with Gasteiger partial charge in [0.2, 0.25) is 5.95 Å². The van der Waals surface area contributed by atoms with E-state index in [-0.39, 0.29) is 45.6 Å². The van der Waals surface area contributed by atoms with E-state index in [1.165, 1.54) is 34.9 Å². The molecule has 4 aromatic rings. The molecule has 0 bridgehead atoms. The number of rotatable bonds is 6. The van der Waals surface area contributed by atoms with Gasteiger partial charge >= 0.3 is 0 Å². The second-order valence-corrected chi connectivity index (χ2v) is 8.02. The van der Waals surface area contributed by atoms with E-state index in [1.54, 1.807) is 13.0 Å². The number of anilines is 3. The minimum absolute atomic E-state index is 0.0253. The minimum atomic E-state index is -0.739. The van der Waals surface area contributed by atoms with Gasteiger partial charge in [0.15, 0.2) is 5.82 Å². The summed E-state index contributed by atoms with van der Waals surface area (Å²) in [6, 6.07) is 9.48. The molecule has 178 valence electrons. The molecule has 0 radical (unpaired) electrons. The summed E-state index contributed by atoms with van der Waals surface area (Å²) in [5, 5.41) is 12.4. The number of nitrogens with one attached hydrogen (secondary N) is 1. The van der Waals surface area contributed by atoms with E-state index in [0.29, 0.717) is 18.4 Å². The molecule has 0 fully saturated rings. The van der Waals surface area contributed by atoms with Crippen molar-refractivity contribution in [1.82, 2.24) is 19.5 Å². The Kier molecular flexibility index (Phi) is 6.29. The second-order valence-electron chi connectivity index (χ2n) is 8.02. The highest BCUT2D eigenvalue weighted by atomic mass is 19.1. The van der Waals surface area contributed by atoms with Crippen LogP contribution in [0.3, 0.4) is 0 Å². The van der Waals surface area contributed by atoms with Crippen LogP contribution in [0.4, 0.5) is 26.4 Å². The number of nitriles is 1. The maximum absolute atomic E-state index is 14.7. The third kappa shape index (κ3) is 4.46. The van der Waals surface area contributed by atoms with E-state index in [1.807, 2.05) is 13.0 Å². The fourth-order valence-electron chi connectivity index (χ4n) is 3.97. The average molecular weight is 476 g/mol. The van der Waals surface area contributed by atoms with Crippen LogP contribution >= 0.6 is 0 Å². The maximum atomic E-state index is 14.7. The van der Waals surface area contributed by atoms with Crippen molar-refractivity contribution < 1.29 is 8.78 Å². The maximum Gasteiger partial charge on any atom is 0.269 e. The van der Waals surface area contributed by atoms with Gasteiger partial charge in [-0.2, -0.15) is 15.2 Å². The highest BCUT2D eigenvalue weighted by Crippen LogP contribution is 2.29. The third-order valence-corrected chi connectivity index (χ3v) is 5.42. The quantitative estimate of drug-likeness (QED) is 0.381. The SMILES string of the molecule is CCCC(Nc1nc(N)nc(N)c1C#N)c1nc2cccc(F)c2c(=O)n1-c1cc(C)cc(F)c1. The van der Waals surface area contributed by atoms with Gasteiger partial charge < -0.3 is 16.8 Å². The van der Waals surface area contributed by atoms with Crippen molar-refractivity contribution in [3.8, 4) is 11.8 Å². The molecule has 0 saturated heterocycles. The molecule has 0 aliphatic rings. The van der Waals surface area contributed by atoms with Gasteiger partial charge in [-0.1, -0.05) is 19.4 Å². The highest BCUT2D eigenvalue weighted by molar-refractivity contribution is 5.79. The molecule has 2 aromatic heterocycles. The molecule has 1 unspecified atom stereocenters. The lowest BCUT2D eigenvalue weighted by Gasteiger charge is -2.23. The van der Waals surface area contributed by atoms with Gasteiger partial charge in [0, 0.05) is 0 Å². The van der Waals surface area contributed by atoms with Crippen LogP contribution in [-0.4, -0.2) is 19.5 Å². The molecule has 0 amide bonds. The summed E-state index contributed by atoms with van der Waals surface area (Å²) in [6.07, 6.45) is 1.06. The number of nitrogens with zero attached hydrogens (tertiary/aromatic N) is 5. The standard InChI is InChI=1S/C24H22F2N8O/c1-3-5-18(30-21-15(11-27)20(28)32-24(29)33-21)22-31-17-7-4-6-16(26)19(17)23(35)34(22)14-9-12(2)8-13(25)10-14/h4,6-10,18H,3,5H2,1-2H3,(H5,28,29,30,32,33). The average Bonchev–Trinajstić information content (AvgIpc) is 2.77. The zero-order valence-electron chi connectivity index (χ0n) is 19.0. The lowest BCUT2D eigenvalue weighted by Crippen LogP contribution is -2.29. The van der Waals surface area contributed by atoms with Crippen LogP contribution in [-0.2, 0) is 0 Å². The predicted molar refractivity (Wildman–Crippen MR) is 129 cm³/mol. The van der Waals surface area contributed by atoms with Crippen LogP contribution in [0.15, 0.2) is 41.2 Å². The first-order valence-corrected chi connectivity index (χ1v) is 10.8. The second kappa shape index (κ2) is 9.34. The number of halogens is 2. The lowest BCUT2D eigenvalue weighted by atomic mass is 10.1. The van der Waals surface area contributed by atoms with Gasteiger partial charge in [0.1, 0.15) is 40.3 Å². The van der Waals surface area contributed by atoms with Crippen LogP contribution in [0, 0.1) is 29.9 Å². The molecule has 2 aromatic carbocycles. The van der Waals surface area contributed by atoms with Crippen LogP contribution < -0.4 is 22.3 Å². The van der Waals surface area contributed by atoms with Gasteiger partial charge in [-0.05, 0) is 49.2 Å². The summed E-state index contributed by atoms with van der Waals surface area (Å²) in [4.78, 5) is 26.1. The van der Waals surface area contributed by atoms with Crippen molar-refractivity contribution in [2.45, 2.75) is 32.7 Å². The molecule has 35 heavy (non-hydrogen) atoms. The number of aromatic nitrogens is 4. The molecule has 9 nitrogen and oxygen atoms in total. The van der Waals surface area contributed by atoms with Gasteiger partial charge in [-0.15, -0.1) is 0 Å². The normalized spacial score (nSPS) is 11.9. The Morgan fingerprint density at radius 3 is 2.63 bits per heavy atom. The molecule has 5 N–H and O–H groups in total. The first kappa shape index (κ1) is 23.6. The Morgan fingerprint density at radius 2 is 1.94 bits per heavy atom. The van der Waals surface area contributed by atoms with Crippen molar-refractivity contribution in [2.24, 2.45) is 0 Å². The molecule has 1 atom stereocenters. The zero-order valence-corrected chi connectivity index (χ0v) is 19.0. The van der Waals surface area contributed by atoms with E-state index >= 15 is 0 Å². The summed E-state index contributed by atoms with van der Waals surface area (Å²) in [5.41, 5.74) is 11.7. The van der Waals surface area contributed by atoms with Crippen molar-refractivity contribution in [1.29, 1.82) is 5.26 Å². The van der Waals surface area contributed by atoms with Gasteiger partial charge in [0.25, 0.3) is 5.56 Å². The van der Waals surface area contributed by atoms with E-state index in [0.717, 1.165) is 0 Å². The van der Waals surface area contributed by atoms with Crippen LogP contribution in [0.2, 0.25) is 0 Å². The van der Waals surface area contributed by atoms with Gasteiger partial charge in [0.05, 0.1) is 17.2 Å². The molecule has 0 aliphatic carbocycles. The number of fused-ring (bicyclic) bond motifs is 1. The fourth-order valence-corrected chi connectivity index (χ4v) is 3.97. The van der Waals surface area contributed by atoms with E-state index in [4.69, 9.17) is 11.5 Å². The number of nitrogen functional groups attached to an aromatic ring is 2. The smallest absolute Gasteiger partial charge is 0.269 e. The summed E-state index contributed by atoms with van der Waals surface area (Å²) in [5.74, 6) is -1.31. The largest absolute Gasteiger partial charge is 0.382 e. The number of benzene rings is 2. The summed E-state index contributed by atoms with van der Waals surface area (Å²) in [6.45, 7) is 3.60. The number of hydrogen-bond acceptors (Lipinski definition) is 8. The Morgan fingerprint density at radius 1 is 1.17 bits per heavy atom. The van der Waals surface area contributed by atoms with Gasteiger partial charge in [-0.25, -0.2) is 13.8 Å².